The van der Waals surface area contributed by atoms with Crippen LogP contribution in [0.15, 0.2) is 39.5 Å². The van der Waals surface area contributed by atoms with Gasteiger partial charge in [0.15, 0.2) is 5.76 Å². The molecule has 1 unspecified atom stereocenters. The summed E-state index contributed by atoms with van der Waals surface area (Å²) in [5.74, 6) is 0.385. The van der Waals surface area contributed by atoms with Crippen molar-refractivity contribution in [2.24, 2.45) is 5.92 Å². The zero-order valence-corrected chi connectivity index (χ0v) is 13.2. The molecule has 0 aliphatic rings. The zero-order valence-electron chi connectivity index (χ0n) is 13.2. The maximum atomic E-state index is 12.1. The molecule has 2 rings (SSSR count). The number of amides is 1. The van der Waals surface area contributed by atoms with E-state index in [0.29, 0.717) is 17.8 Å². The Kier molecular flexibility index (Phi) is 5.75. The van der Waals surface area contributed by atoms with E-state index >= 15 is 0 Å². The maximum absolute atomic E-state index is 12.1. The number of hydrogen-bond acceptors (Lipinski definition) is 3. The lowest BCUT2D eigenvalue weighted by Crippen LogP contribution is -2.26. The average molecular weight is 301 g/mol. The van der Waals surface area contributed by atoms with Gasteiger partial charge in [0.2, 0.25) is 0 Å². The first-order chi connectivity index (χ1) is 10.7. The third-order valence-electron chi connectivity index (χ3n) is 4.01. The molecule has 0 saturated heterocycles. The molecule has 0 fully saturated rings. The van der Waals surface area contributed by atoms with E-state index in [4.69, 9.17) is 4.42 Å². The first kappa shape index (κ1) is 16.3. The fourth-order valence-electron chi connectivity index (χ4n) is 2.68. The Morgan fingerprint density at radius 3 is 2.73 bits per heavy atom. The van der Waals surface area contributed by atoms with Crippen molar-refractivity contribution in [2.45, 2.75) is 39.5 Å². The molecule has 1 amide bonds. The van der Waals surface area contributed by atoms with Crippen molar-refractivity contribution in [3.8, 4) is 0 Å². The van der Waals surface area contributed by atoms with Crippen LogP contribution in [0.25, 0.3) is 10.8 Å². The third kappa shape index (κ3) is 3.97. The number of carbonyl (C=O) groups excluding carboxylic acids is 1. The summed E-state index contributed by atoms with van der Waals surface area (Å²) in [5, 5.41) is 4.06. The van der Waals surface area contributed by atoms with Gasteiger partial charge in [-0.25, -0.2) is 4.79 Å². The highest BCUT2D eigenvalue weighted by Gasteiger charge is 2.12. The van der Waals surface area contributed by atoms with Gasteiger partial charge < -0.3 is 9.73 Å². The number of fused-ring (bicyclic) bond motifs is 1. The quantitative estimate of drug-likeness (QED) is 0.847. The van der Waals surface area contributed by atoms with Gasteiger partial charge in [0.25, 0.3) is 5.91 Å². The molecular formula is C18H23NO3. The number of carbonyl (C=O) groups is 1. The van der Waals surface area contributed by atoms with Gasteiger partial charge in [-0.1, -0.05) is 51.3 Å². The van der Waals surface area contributed by atoms with Crippen LogP contribution >= 0.6 is 0 Å². The first-order valence-corrected chi connectivity index (χ1v) is 7.96. The van der Waals surface area contributed by atoms with Gasteiger partial charge in [0.1, 0.15) is 0 Å². The second-order valence-corrected chi connectivity index (χ2v) is 5.59. The normalized spacial score (nSPS) is 12.3. The van der Waals surface area contributed by atoms with Crippen molar-refractivity contribution in [1.29, 1.82) is 0 Å². The highest BCUT2D eigenvalue weighted by Crippen LogP contribution is 2.15. The lowest BCUT2D eigenvalue weighted by molar-refractivity contribution is 0.0919. The standard InChI is InChI=1S/C18H23NO3/c1-3-7-13(4-2)10-11-19-17(20)16-12-14-8-5-6-9-15(14)18(21)22-16/h5-6,8-9,12-13H,3-4,7,10-11H2,1-2H3,(H,19,20). The Balaban J connectivity index is 2.02. The van der Waals surface area contributed by atoms with E-state index in [1.54, 1.807) is 24.3 Å². The molecule has 0 spiro atoms. The van der Waals surface area contributed by atoms with Crippen LogP contribution in [0.2, 0.25) is 0 Å². The molecule has 118 valence electrons. The molecule has 2 aromatic rings. The summed E-state index contributed by atoms with van der Waals surface area (Å²) in [4.78, 5) is 24.0. The minimum Gasteiger partial charge on any atom is -0.417 e. The summed E-state index contributed by atoms with van der Waals surface area (Å²) < 4.78 is 5.12. The Bertz CT molecular complexity index is 690. The number of rotatable bonds is 7. The largest absolute Gasteiger partial charge is 0.417 e. The topological polar surface area (TPSA) is 59.3 Å². The molecule has 4 nitrogen and oxygen atoms in total. The lowest BCUT2D eigenvalue weighted by atomic mass is 9.97. The Hall–Kier alpha value is -2.10. The molecule has 0 saturated carbocycles. The molecule has 1 aromatic heterocycles. The van der Waals surface area contributed by atoms with E-state index in [1.165, 1.54) is 6.42 Å². The molecule has 0 aliphatic heterocycles. The van der Waals surface area contributed by atoms with Gasteiger partial charge in [-0.3, -0.25) is 4.79 Å². The van der Waals surface area contributed by atoms with Crippen LogP contribution < -0.4 is 10.9 Å². The second kappa shape index (κ2) is 7.78. The van der Waals surface area contributed by atoms with E-state index in [9.17, 15) is 9.59 Å². The van der Waals surface area contributed by atoms with Crippen molar-refractivity contribution < 1.29 is 9.21 Å². The molecule has 0 aliphatic carbocycles. The molecule has 4 heteroatoms. The maximum Gasteiger partial charge on any atom is 0.344 e. The molecule has 0 radical (unpaired) electrons. The Labute approximate surface area is 130 Å². The number of hydrogen-bond donors (Lipinski definition) is 1. The SMILES string of the molecule is CCCC(CC)CCNC(=O)c1cc2ccccc2c(=O)o1. The third-order valence-corrected chi connectivity index (χ3v) is 4.01. The minimum atomic E-state index is -0.472. The predicted molar refractivity (Wildman–Crippen MR) is 88.1 cm³/mol. The van der Waals surface area contributed by atoms with Crippen molar-refractivity contribution >= 4 is 16.7 Å². The van der Waals surface area contributed by atoms with Crippen LogP contribution in [-0.4, -0.2) is 12.5 Å². The lowest BCUT2D eigenvalue weighted by Gasteiger charge is -2.13. The molecule has 1 atom stereocenters. The molecular weight excluding hydrogens is 278 g/mol. The summed E-state index contributed by atoms with van der Waals surface area (Å²) >= 11 is 0. The molecule has 22 heavy (non-hydrogen) atoms. The number of benzene rings is 1. The minimum absolute atomic E-state index is 0.0761. The van der Waals surface area contributed by atoms with Crippen molar-refractivity contribution in [3.05, 3.63) is 46.5 Å². The average Bonchev–Trinajstić information content (AvgIpc) is 2.53. The van der Waals surface area contributed by atoms with Crippen molar-refractivity contribution in [2.75, 3.05) is 6.54 Å². The summed E-state index contributed by atoms with van der Waals surface area (Å²) in [6, 6.07) is 8.73. The van der Waals surface area contributed by atoms with Crippen LogP contribution in [-0.2, 0) is 0 Å². The Morgan fingerprint density at radius 1 is 1.23 bits per heavy atom. The van der Waals surface area contributed by atoms with Gasteiger partial charge in [0.05, 0.1) is 5.39 Å². The van der Waals surface area contributed by atoms with Gasteiger partial charge >= 0.3 is 5.63 Å². The van der Waals surface area contributed by atoms with E-state index in [-0.39, 0.29) is 11.7 Å². The highest BCUT2D eigenvalue weighted by molar-refractivity contribution is 5.95. The summed E-state index contributed by atoms with van der Waals surface area (Å²) in [6.45, 7) is 4.95. The highest BCUT2D eigenvalue weighted by atomic mass is 16.4. The number of nitrogens with one attached hydrogen (secondary N) is 1. The monoisotopic (exact) mass is 301 g/mol. The fraction of sp³-hybridized carbons (Fsp3) is 0.444. The zero-order chi connectivity index (χ0) is 15.9. The van der Waals surface area contributed by atoms with Crippen LogP contribution in [0, 0.1) is 5.92 Å². The van der Waals surface area contributed by atoms with Gasteiger partial charge in [-0.2, -0.15) is 0 Å². The molecule has 1 N–H and O–H groups in total. The van der Waals surface area contributed by atoms with E-state index in [1.807, 2.05) is 6.07 Å². The summed E-state index contributed by atoms with van der Waals surface area (Å²) in [6.07, 6.45) is 4.41. The molecule has 1 aromatic carbocycles. The van der Waals surface area contributed by atoms with Crippen LogP contribution in [0.3, 0.4) is 0 Å². The Morgan fingerprint density at radius 2 is 2.00 bits per heavy atom. The van der Waals surface area contributed by atoms with Gasteiger partial charge in [0, 0.05) is 6.54 Å². The van der Waals surface area contributed by atoms with Crippen LogP contribution in [0.1, 0.15) is 50.1 Å². The van der Waals surface area contributed by atoms with Crippen molar-refractivity contribution in [3.63, 3.8) is 0 Å². The van der Waals surface area contributed by atoms with E-state index in [0.717, 1.165) is 24.6 Å². The van der Waals surface area contributed by atoms with Crippen molar-refractivity contribution in [1.82, 2.24) is 5.32 Å². The first-order valence-electron chi connectivity index (χ1n) is 7.96. The van der Waals surface area contributed by atoms with Gasteiger partial charge in [-0.15, -0.1) is 0 Å². The predicted octanol–water partition coefficient (Wildman–Crippen LogP) is 3.74. The second-order valence-electron chi connectivity index (χ2n) is 5.59. The van der Waals surface area contributed by atoms with Gasteiger partial charge in [-0.05, 0) is 29.9 Å². The fourth-order valence-corrected chi connectivity index (χ4v) is 2.68. The van der Waals surface area contributed by atoms with Crippen LogP contribution in [0.5, 0.6) is 0 Å². The van der Waals surface area contributed by atoms with E-state index < -0.39 is 5.63 Å². The smallest absolute Gasteiger partial charge is 0.344 e. The molecule has 0 bridgehead atoms. The summed E-state index contributed by atoms with van der Waals surface area (Å²) in [7, 11) is 0. The molecule has 1 heterocycles. The van der Waals surface area contributed by atoms with Crippen LogP contribution in [0.4, 0.5) is 0 Å². The van der Waals surface area contributed by atoms with E-state index in [2.05, 4.69) is 19.2 Å². The summed E-state index contributed by atoms with van der Waals surface area (Å²) in [5.41, 5.74) is -0.472.